The number of nitrogens with one attached hydrogen (secondary N) is 1. The molecule has 0 aromatic heterocycles. The molecule has 0 radical (unpaired) electrons. The molecule has 2 N–H and O–H groups in total. The largest absolute Gasteiger partial charge is 0.493 e. The molecule has 0 saturated carbocycles. The lowest BCUT2D eigenvalue weighted by Crippen LogP contribution is -2.62. The fraction of sp³-hybridized carbons (Fsp3) is 0.464. The van der Waals surface area contributed by atoms with Crippen molar-refractivity contribution >= 4 is 34.9 Å². The Hall–Kier alpha value is -3.14. The normalized spacial score (nSPS) is 18.2. The third-order valence-electron chi connectivity index (χ3n) is 6.52. The Morgan fingerprint density at radius 2 is 1.84 bits per heavy atom. The number of ether oxygens (including phenoxy) is 3. The van der Waals surface area contributed by atoms with E-state index in [9.17, 15) is 14.4 Å². The predicted octanol–water partition coefficient (Wildman–Crippen LogP) is 4.11. The number of carbonyl (C=O) groups is 3. The van der Waals surface area contributed by atoms with Crippen molar-refractivity contribution in [3.63, 3.8) is 0 Å². The summed E-state index contributed by atoms with van der Waals surface area (Å²) < 4.78 is 17.1. The van der Waals surface area contributed by atoms with Crippen molar-refractivity contribution in [2.75, 3.05) is 45.4 Å². The third-order valence-corrected chi connectivity index (χ3v) is 6.76. The number of methoxy groups -OCH3 is 2. The number of hydrogen-bond donors (Lipinski definition) is 2. The minimum Gasteiger partial charge on any atom is -0.493 e. The molecule has 1 amide bonds. The van der Waals surface area contributed by atoms with Gasteiger partial charge in [-0.05, 0) is 36.6 Å². The SMILES string of the molecule is CC(=O)C1(C(=O)O)CNC1.COc1cccc(C2OCC(=O)N(CC(C)(C)C)c3ccc(Cl)cc32)c1OC. The minimum atomic E-state index is -1.11. The van der Waals surface area contributed by atoms with E-state index in [0.717, 1.165) is 16.8 Å². The molecular formula is C28H35ClN2O7. The number of nitrogens with zero attached hydrogens (tertiary/aromatic N) is 1. The number of carboxylic acids is 1. The molecule has 206 valence electrons. The van der Waals surface area contributed by atoms with Crippen LogP contribution in [0.1, 0.15) is 44.9 Å². The van der Waals surface area contributed by atoms with Crippen LogP contribution in [0.2, 0.25) is 5.02 Å². The number of Topliss-reactive ketones (excluding diaryl/α,β-unsaturated/α-hetero) is 1. The molecule has 2 aromatic carbocycles. The zero-order chi connectivity index (χ0) is 28.3. The molecular weight excluding hydrogens is 512 g/mol. The van der Waals surface area contributed by atoms with Crippen molar-refractivity contribution in [1.82, 2.24) is 5.32 Å². The summed E-state index contributed by atoms with van der Waals surface area (Å²) in [6.45, 7) is 8.71. The number of rotatable bonds is 6. The van der Waals surface area contributed by atoms with Crippen molar-refractivity contribution in [2.45, 2.75) is 33.8 Å². The summed E-state index contributed by atoms with van der Waals surface area (Å²) in [6.07, 6.45) is -0.507. The molecule has 2 aliphatic rings. The lowest BCUT2D eigenvalue weighted by atomic mass is 9.78. The van der Waals surface area contributed by atoms with Crippen LogP contribution in [0.15, 0.2) is 36.4 Å². The Morgan fingerprint density at radius 3 is 2.32 bits per heavy atom. The van der Waals surface area contributed by atoms with Crippen molar-refractivity contribution in [1.29, 1.82) is 0 Å². The number of carboxylic acid groups (broad SMARTS) is 1. The van der Waals surface area contributed by atoms with Gasteiger partial charge in [-0.25, -0.2) is 0 Å². The molecule has 4 rings (SSSR count). The molecule has 1 saturated heterocycles. The van der Waals surface area contributed by atoms with Crippen LogP contribution in [-0.2, 0) is 19.1 Å². The highest BCUT2D eigenvalue weighted by Gasteiger charge is 2.48. The number of anilines is 1. The van der Waals surface area contributed by atoms with Gasteiger partial charge in [0.15, 0.2) is 16.9 Å². The van der Waals surface area contributed by atoms with Gasteiger partial charge in [0.05, 0.1) is 14.2 Å². The van der Waals surface area contributed by atoms with E-state index in [1.54, 1.807) is 25.2 Å². The third kappa shape index (κ3) is 6.11. The molecule has 2 aliphatic heterocycles. The smallest absolute Gasteiger partial charge is 0.319 e. The van der Waals surface area contributed by atoms with Gasteiger partial charge in [0.2, 0.25) is 0 Å². The number of halogens is 1. The first kappa shape index (κ1) is 29.4. The van der Waals surface area contributed by atoms with E-state index in [0.29, 0.717) is 23.1 Å². The number of para-hydroxylation sites is 1. The first-order valence-corrected chi connectivity index (χ1v) is 12.6. The highest BCUT2D eigenvalue weighted by atomic mass is 35.5. The van der Waals surface area contributed by atoms with Gasteiger partial charge in [0.25, 0.3) is 5.91 Å². The number of ketones is 1. The maximum absolute atomic E-state index is 12.9. The van der Waals surface area contributed by atoms with Gasteiger partial charge in [-0.15, -0.1) is 0 Å². The number of aliphatic carboxylic acids is 1. The van der Waals surface area contributed by atoms with Crippen molar-refractivity contribution in [3.8, 4) is 11.5 Å². The van der Waals surface area contributed by atoms with Gasteiger partial charge >= 0.3 is 5.97 Å². The zero-order valence-corrected chi connectivity index (χ0v) is 23.3. The molecule has 1 fully saturated rings. The molecule has 2 heterocycles. The van der Waals surface area contributed by atoms with Crippen LogP contribution in [0.3, 0.4) is 0 Å². The highest BCUT2D eigenvalue weighted by molar-refractivity contribution is 6.30. The van der Waals surface area contributed by atoms with Gasteiger partial charge in [-0.1, -0.05) is 44.5 Å². The van der Waals surface area contributed by atoms with Gasteiger partial charge in [0.1, 0.15) is 18.5 Å². The molecule has 38 heavy (non-hydrogen) atoms. The van der Waals surface area contributed by atoms with Gasteiger partial charge in [0, 0.05) is 41.5 Å². The maximum Gasteiger partial charge on any atom is 0.319 e. The van der Waals surface area contributed by atoms with E-state index in [2.05, 4.69) is 26.1 Å². The van der Waals surface area contributed by atoms with Crippen LogP contribution in [0.25, 0.3) is 0 Å². The van der Waals surface area contributed by atoms with Crippen molar-refractivity contribution < 1.29 is 33.7 Å². The predicted molar refractivity (Wildman–Crippen MR) is 144 cm³/mol. The first-order chi connectivity index (χ1) is 17.8. The zero-order valence-electron chi connectivity index (χ0n) is 22.6. The van der Waals surface area contributed by atoms with Crippen LogP contribution < -0.4 is 19.7 Å². The second-order valence-electron chi connectivity index (χ2n) is 10.6. The Morgan fingerprint density at radius 1 is 1.16 bits per heavy atom. The van der Waals surface area contributed by atoms with E-state index in [1.807, 2.05) is 30.3 Å². The summed E-state index contributed by atoms with van der Waals surface area (Å²) in [7, 11) is 3.18. The molecule has 0 spiro atoms. The van der Waals surface area contributed by atoms with Crippen LogP contribution >= 0.6 is 11.6 Å². The Kier molecular flexibility index (Phi) is 9.07. The number of amides is 1. The number of hydrogen-bond acceptors (Lipinski definition) is 7. The lowest BCUT2D eigenvalue weighted by molar-refractivity contribution is -0.157. The molecule has 0 aliphatic carbocycles. The summed E-state index contributed by atoms with van der Waals surface area (Å²) in [5, 5.41) is 11.9. The highest BCUT2D eigenvalue weighted by Crippen LogP contribution is 2.44. The quantitative estimate of drug-likeness (QED) is 0.520. The molecule has 0 bridgehead atoms. The molecule has 2 aromatic rings. The van der Waals surface area contributed by atoms with E-state index < -0.39 is 17.5 Å². The monoisotopic (exact) mass is 546 g/mol. The average molecular weight is 547 g/mol. The molecule has 1 atom stereocenters. The van der Waals surface area contributed by atoms with Crippen LogP contribution in [-0.4, -0.2) is 63.2 Å². The number of carbonyl (C=O) groups excluding carboxylic acids is 2. The first-order valence-electron chi connectivity index (χ1n) is 12.2. The van der Waals surface area contributed by atoms with E-state index in [1.165, 1.54) is 6.92 Å². The Bertz CT molecular complexity index is 1190. The fourth-order valence-electron chi connectivity index (χ4n) is 4.39. The average Bonchev–Trinajstić information content (AvgIpc) is 2.93. The lowest BCUT2D eigenvalue weighted by Gasteiger charge is -2.35. The van der Waals surface area contributed by atoms with Crippen molar-refractivity contribution in [3.05, 3.63) is 52.5 Å². The Labute approximate surface area is 228 Å². The Balaban J connectivity index is 0.000000336. The van der Waals surface area contributed by atoms with Gasteiger partial charge < -0.3 is 29.5 Å². The maximum atomic E-state index is 12.9. The number of fused-ring (bicyclic) bond motifs is 1. The second kappa shape index (κ2) is 11.7. The van der Waals surface area contributed by atoms with Gasteiger partial charge in [-0.2, -0.15) is 0 Å². The van der Waals surface area contributed by atoms with E-state index in [4.69, 9.17) is 30.9 Å². The summed E-state index contributed by atoms with van der Waals surface area (Å²) in [4.78, 5) is 35.9. The van der Waals surface area contributed by atoms with Crippen molar-refractivity contribution in [2.24, 2.45) is 10.8 Å². The van der Waals surface area contributed by atoms with E-state index in [-0.39, 0.29) is 36.8 Å². The van der Waals surface area contributed by atoms with Crippen LogP contribution in [0, 0.1) is 10.8 Å². The minimum absolute atomic E-state index is 0.0343. The van der Waals surface area contributed by atoms with E-state index >= 15 is 0 Å². The molecule has 9 nitrogen and oxygen atoms in total. The van der Waals surface area contributed by atoms with Gasteiger partial charge in [-0.3, -0.25) is 14.4 Å². The summed E-state index contributed by atoms with van der Waals surface area (Å²) in [5.41, 5.74) is 1.24. The summed E-state index contributed by atoms with van der Waals surface area (Å²) in [5.74, 6) is -0.174. The second-order valence-corrected chi connectivity index (χ2v) is 11.0. The molecule has 10 heteroatoms. The standard InChI is InChI=1S/C22H26ClNO4.C6H9NO3/c1-22(2,3)13-24-17-10-9-14(23)11-16(17)20(28-12-19(24)25)15-7-6-8-18(26-4)21(15)27-5;1-4(8)6(5(9)10)2-7-3-6/h6-11,20H,12-13H2,1-5H3;7H,2-3H2,1H3,(H,9,10). The topological polar surface area (TPSA) is 114 Å². The van der Waals surface area contributed by atoms with Crippen LogP contribution in [0.5, 0.6) is 11.5 Å². The molecule has 1 unspecified atom stereocenters. The van der Waals surface area contributed by atoms with Crippen LogP contribution in [0.4, 0.5) is 5.69 Å². The summed E-state index contributed by atoms with van der Waals surface area (Å²) >= 11 is 6.32. The summed E-state index contributed by atoms with van der Waals surface area (Å²) in [6, 6.07) is 11.2. The number of benzene rings is 2. The fourth-order valence-corrected chi connectivity index (χ4v) is 4.57.